The number of aromatic nitrogens is 2. The summed E-state index contributed by atoms with van der Waals surface area (Å²) >= 11 is 0. The summed E-state index contributed by atoms with van der Waals surface area (Å²) in [4.78, 5) is 13.0. The number of nitrogens with zero attached hydrogens (tertiary/aromatic N) is 4. The highest BCUT2D eigenvalue weighted by Gasteiger charge is 2.43. The molecule has 1 atom stereocenters. The van der Waals surface area contributed by atoms with E-state index in [1.807, 2.05) is 0 Å². The van der Waals surface area contributed by atoms with Gasteiger partial charge in [-0.25, -0.2) is 32.4 Å². The monoisotopic (exact) mass is 545 g/mol. The number of piperidine rings is 1. The number of alkyl halides is 5. The molecule has 12 heteroatoms. The highest BCUT2D eigenvalue weighted by atomic mass is 19.4. The van der Waals surface area contributed by atoms with Gasteiger partial charge in [0.2, 0.25) is 11.6 Å². The maximum atomic E-state index is 14.7. The molecule has 0 saturated carbocycles. The fraction of sp³-hybridized carbons (Fsp3) is 0.222. The van der Waals surface area contributed by atoms with Crippen molar-refractivity contribution in [1.82, 2.24) is 9.97 Å². The molecule has 200 valence electrons. The molecule has 0 radical (unpaired) electrons. The van der Waals surface area contributed by atoms with E-state index in [-0.39, 0.29) is 52.3 Å². The number of hydrogen-bond acceptors (Lipinski definition) is 4. The van der Waals surface area contributed by atoms with Crippen molar-refractivity contribution in [2.45, 2.75) is 24.6 Å². The summed E-state index contributed by atoms with van der Waals surface area (Å²) in [5.74, 6) is -5.34. The zero-order valence-electron chi connectivity index (χ0n) is 19.9. The van der Waals surface area contributed by atoms with E-state index in [0.717, 1.165) is 24.3 Å². The summed E-state index contributed by atoms with van der Waals surface area (Å²) in [6, 6.07) is 8.63. The lowest BCUT2D eigenvalue weighted by Crippen LogP contribution is -2.55. The van der Waals surface area contributed by atoms with Crippen molar-refractivity contribution in [3.63, 3.8) is 0 Å². The van der Waals surface area contributed by atoms with Gasteiger partial charge >= 0.3 is 6.18 Å². The minimum atomic E-state index is -4.85. The molecule has 5 rings (SSSR count). The van der Waals surface area contributed by atoms with Gasteiger partial charge in [-0.05, 0) is 42.3 Å². The van der Waals surface area contributed by atoms with Gasteiger partial charge in [0.1, 0.15) is 11.6 Å². The van der Waals surface area contributed by atoms with Gasteiger partial charge in [0, 0.05) is 23.1 Å². The van der Waals surface area contributed by atoms with Crippen molar-refractivity contribution in [1.29, 1.82) is 0 Å². The fourth-order valence-electron chi connectivity index (χ4n) is 4.56. The van der Waals surface area contributed by atoms with Crippen LogP contribution in [0.3, 0.4) is 0 Å². The van der Waals surface area contributed by atoms with Crippen LogP contribution in [-0.2, 0) is 6.18 Å². The lowest BCUT2D eigenvalue weighted by molar-refractivity contribution is -0.137. The van der Waals surface area contributed by atoms with Crippen LogP contribution < -0.4 is 10.6 Å². The second-order valence-electron chi connectivity index (χ2n) is 9.12. The number of rotatable bonds is 3. The Morgan fingerprint density at radius 3 is 2.38 bits per heavy atom. The van der Waals surface area contributed by atoms with Gasteiger partial charge in [-0.2, -0.15) is 13.2 Å². The Kier molecular flexibility index (Phi) is 6.42. The zero-order valence-corrected chi connectivity index (χ0v) is 19.9. The molecule has 4 aromatic rings. The Morgan fingerprint density at radius 2 is 1.72 bits per heavy atom. The van der Waals surface area contributed by atoms with Crippen molar-refractivity contribution in [3.8, 4) is 22.4 Å². The predicted molar refractivity (Wildman–Crippen MR) is 131 cm³/mol. The summed E-state index contributed by atoms with van der Waals surface area (Å²) in [6.07, 6.45) is -4.90. The maximum absolute atomic E-state index is 14.7. The SMILES string of the molecule is [C-]#[N+]c1ccc(-c2nc(N3CCC(N)C(F)(F)C3)nc3ccc(-c4c(F)cccc4C(F)(F)F)cc23)cc1F. The number of halogens is 7. The lowest BCUT2D eigenvalue weighted by atomic mass is 9.96. The van der Waals surface area contributed by atoms with Crippen molar-refractivity contribution in [3.05, 3.63) is 83.2 Å². The van der Waals surface area contributed by atoms with Gasteiger partial charge in [0.25, 0.3) is 5.92 Å². The summed E-state index contributed by atoms with van der Waals surface area (Å²) in [7, 11) is 0. The Bertz CT molecular complexity index is 1630. The van der Waals surface area contributed by atoms with Crippen LogP contribution in [0.25, 0.3) is 38.1 Å². The highest BCUT2D eigenvalue weighted by Crippen LogP contribution is 2.41. The Labute approximate surface area is 217 Å². The zero-order chi connectivity index (χ0) is 28.1. The molecule has 39 heavy (non-hydrogen) atoms. The van der Waals surface area contributed by atoms with Crippen LogP contribution >= 0.6 is 0 Å². The van der Waals surface area contributed by atoms with E-state index in [9.17, 15) is 30.7 Å². The number of fused-ring (bicyclic) bond motifs is 1. The molecule has 2 N–H and O–H groups in total. The van der Waals surface area contributed by atoms with Crippen LogP contribution in [0.15, 0.2) is 54.6 Å². The normalized spacial score (nSPS) is 17.3. The first-order chi connectivity index (χ1) is 18.4. The van der Waals surface area contributed by atoms with Gasteiger partial charge < -0.3 is 10.6 Å². The van der Waals surface area contributed by atoms with Crippen molar-refractivity contribution >= 4 is 22.5 Å². The number of hydrogen-bond donors (Lipinski definition) is 1. The maximum Gasteiger partial charge on any atom is 0.417 e. The minimum absolute atomic E-state index is 0.00960. The molecule has 3 aromatic carbocycles. The standard InChI is InChI=1S/C27H18F7N5/c1-36-21-8-6-15(12-19(21)29)24-16-11-14(23-17(27(32,33)34)3-2-4-18(23)28)5-7-20(16)37-25(38-24)39-10-9-22(35)26(30,31)13-39/h2-8,11-12,22H,9-10,13,35H2. The molecule has 0 bridgehead atoms. The van der Waals surface area contributed by atoms with Crippen LogP contribution in [0, 0.1) is 18.2 Å². The Balaban J connectivity index is 1.74. The van der Waals surface area contributed by atoms with Gasteiger partial charge in [-0.15, -0.1) is 0 Å². The second-order valence-corrected chi connectivity index (χ2v) is 9.12. The van der Waals surface area contributed by atoms with E-state index < -0.39 is 47.4 Å². The summed E-state index contributed by atoms with van der Waals surface area (Å²) in [5, 5.41) is 0.128. The van der Waals surface area contributed by atoms with E-state index in [0.29, 0.717) is 0 Å². The van der Waals surface area contributed by atoms with E-state index in [1.165, 1.54) is 35.2 Å². The Hall–Kier alpha value is -4.24. The van der Waals surface area contributed by atoms with Crippen LogP contribution in [0.5, 0.6) is 0 Å². The molecule has 0 spiro atoms. The minimum Gasteiger partial charge on any atom is -0.335 e. The molecule has 1 aromatic heterocycles. The molecule has 1 fully saturated rings. The fourth-order valence-corrected chi connectivity index (χ4v) is 4.56. The molecule has 0 aliphatic carbocycles. The van der Waals surface area contributed by atoms with E-state index >= 15 is 0 Å². The lowest BCUT2D eigenvalue weighted by Gasteiger charge is -2.36. The molecule has 0 amide bonds. The molecule has 1 saturated heterocycles. The molecule has 1 unspecified atom stereocenters. The van der Waals surface area contributed by atoms with Gasteiger partial charge in [0.15, 0.2) is 0 Å². The highest BCUT2D eigenvalue weighted by molar-refractivity contribution is 5.96. The third-order valence-electron chi connectivity index (χ3n) is 6.57. The first-order valence-corrected chi connectivity index (χ1v) is 11.6. The summed E-state index contributed by atoms with van der Waals surface area (Å²) in [5.41, 5.74) is 3.52. The van der Waals surface area contributed by atoms with Crippen LogP contribution in [0.4, 0.5) is 42.4 Å². The van der Waals surface area contributed by atoms with E-state index in [4.69, 9.17) is 12.3 Å². The predicted octanol–water partition coefficient (Wildman–Crippen LogP) is 6.98. The van der Waals surface area contributed by atoms with Crippen LogP contribution in [0.1, 0.15) is 12.0 Å². The van der Waals surface area contributed by atoms with Crippen molar-refractivity contribution in [2.24, 2.45) is 5.73 Å². The van der Waals surface area contributed by atoms with Crippen LogP contribution in [0.2, 0.25) is 0 Å². The molecule has 5 nitrogen and oxygen atoms in total. The third kappa shape index (κ3) is 4.85. The molecular weight excluding hydrogens is 527 g/mol. The molecular formula is C27H18F7N5. The van der Waals surface area contributed by atoms with Crippen molar-refractivity contribution in [2.75, 3.05) is 18.0 Å². The smallest absolute Gasteiger partial charge is 0.335 e. The number of anilines is 1. The Morgan fingerprint density at radius 1 is 0.974 bits per heavy atom. The van der Waals surface area contributed by atoms with Gasteiger partial charge in [-0.3, -0.25) is 0 Å². The molecule has 1 aliphatic rings. The molecule has 1 aliphatic heterocycles. The molecule has 2 heterocycles. The van der Waals surface area contributed by atoms with Crippen molar-refractivity contribution < 1.29 is 30.7 Å². The summed E-state index contributed by atoms with van der Waals surface area (Å²) in [6.45, 7) is 6.40. The quantitative estimate of drug-likeness (QED) is 0.223. The van der Waals surface area contributed by atoms with Crippen LogP contribution in [-0.4, -0.2) is 35.0 Å². The number of benzene rings is 3. The average Bonchev–Trinajstić information content (AvgIpc) is 2.88. The second kappa shape index (κ2) is 9.50. The van der Waals surface area contributed by atoms with E-state index in [1.54, 1.807) is 0 Å². The number of nitrogens with two attached hydrogens (primary N) is 1. The first kappa shape index (κ1) is 26.4. The first-order valence-electron chi connectivity index (χ1n) is 11.6. The average molecular weight is 545 g/mol. The topological polar surface area (TPSA) is 59.4 Å². The third-order valence-corrected chi connectivity index (χ3v) is 6.57. The van der Waals surface area contributed by atoms with Gasteiger partial charge in [0.05, 0.1) is 35.9 Å². The van der Waals surface area contributed by atoms with E-state index in [2.05, 4.69) is 14.8 Å². The summed E-state index contributed by atoms with van der Waals surface area (Å²) < 4.78 is 99.2. The van der Waals surface area contributed by atoms with Gasteiger partial charge in [-0.1, -0.05) is 24.3 Å². The largest absolute Gasteiger partial charge is 0.417 e.